The van der Waals surface area contributed by atoms with Gasteiger partial charge < -0.3 is 30.0 Å². The van der Waals surface area contributed by atoms with Gasteiger partial charge in [0.2, 0.25) is 0 Å². The molecule has 12 nitrogen and oxygen atoms in total. The van der Waals surface area contributed by atoms with Crippen molar-refractivity contribution in [3.8, 4) is 33.4 Å². The molecule has 0 atom stereocenters. The minimum Gasteiger partial charge on any atom is -0.658 e. The number of ether oxygens (including phenoxy) is 1. The second-order valence-electron chi connectivity index (χ2n) is 19.8. The summed E-state index contributed by atoms with van der Waals surface area (Å²) in [6.07, 6.45) is 12.6. The number of aromatic nitrogens is 8. The van der Waals surface area contributed by atoms with Crippen molar-refractivity contribution in [1.82, 2.24) is 45.2 Å². The topological polar surface area (TPSA) is 163 Å². The Kier molecular flexibility index (Phi) is 13.9. The first-order chi connectivity index (χ1) is 37.0. The van der Waals surface area contributed by atoms with Gasteiger partial charge in [-0.15, -0.1) is 44.1 Å². The van der Waals surface area contributed by atoms with Crippen molar-refractivity contribution in [2.75, 3.05) is 7.11 Å². The zero-order chi connectivity index (χ0) is 51.5. The molecule has 1 N–H and O–H groups in total. The van der Waals surface area contributed by atoms with Gasteiger partial charge in [-0.3, -0.25) is 9.78 Å². The molecule has 0 saturated heterocycles. The van der Waals surface area contributed by atoms with Crippen LogP contribution in [0.2, 0.25) is 0 Å². The molecule has 368 valence electrons. The van der Waals surface area contributed by atoms with Crippen molar-refractivity contribution in [3.05, 3.63) is 214 Å². The Balaban J connectivity index is 0.00000323. The van der Waals surface area contributed by atoms with Crippen molar-refractivity contribution >= 4 is 92.5 Å². The molecule has 1 amide bonds. The average molecular weight is 1120 g/mol. The number of hydrogen-bond acceptors (Lipinski definition) is 7. The number of carbonyl (C=O) groups excluding carboxylic acids is 2. The third-order valence-electron chi connectivity index (χ3n) is 14.0. The summed E-state index contributed by atoms with van der Waals surface area (Å²) in [6.45, 7) is 4.71. The summed E-state index contributed by atoms with van der Waals surface area (Å²) in [5.41, 5.74) is 19.7. The van der Waals surface area contributed by atoms with E-state index in [2.05, 4.69) is 49.5 Å². The Bertz CT molecular complexity index is 4310. The fraction of sp³-hybridized carbons (Fsp3) is 0.0938. The molecule has 13 rings (SSSR count). The van der Waals surface area contributed by atoms with Gasteiger partial charge in [0.15, 0.2) is 0 Å². The SMILES string of the molecule is COC(=O)c1ccc(-c2c3nc(cc4ccc(cc5nc(cc6[n-]c2cc6-c2ccc(CNC(=O)c6ccc(-c7c8nc(cc9ccc(cc%10nc(cc%11ccc7[n-]%11)C=C%10)[n-]9)C=C8)cc6)cc2)CC5(C)C)[n-]4)C=C3)cc1.[Zn+2].[Zn+2]. The average Bonchev–Trinajstić information content (AvgIpc) is 4.36. The van der Waals surface area contributed by atoms with Crippen LogP contribution in [0.25, 0.3) is 114 Å². The van der Waals surface area contributed by atoms with Crippen molar-refractivity contribution in [1.29, 1.82) is 0 Å². The number of methoxy groups -OCH3 is 1. The van der Waals surface area contributed by atoms with Crippen LogP contribution in [0.3, 0.4) is 0 Å². The summed E-state index contributed by atoms with van der Waals surface area (Å²) in [5, 5.41) is 3.13. The summed E-state index contributed by atoms with van der Waals surface area (Å²) < 4.78 is 5.00. The van der Waals surface area contributed by atoms with Crippen LogP contribution in [0.4, 0.5) is 0 Å². The molecule has 16 bridgehead atoms. The van der Waals surface area contributed by atoms with Crippen LogP contribution in [0.1, 0.15) is 85.7 Å². The van der Waals surface area contributed by atoms with Crippen molar-refractivity contribution in [2.24, 2.45) is 0 Å². The fourth-order valence-electron chi connectivity index (χ4n) is 10.1. The number of rotatable bonds is 7. The molecular weight excluding hydrogens is 1070 g/mol. The largest absolute Gasteiger partial charge is 2.00 e. The predicted molar refractivity (Wildman–Crippen MR) is 300 cm³/mol. The van der Waals surface area contributed by atoms with E-state index in [0.29, 0.717) is 17.7 Å². The van der Waals surface area contributed by atoms with Crippen LogP contribution in [0, 0.1) is 0 Å². The van der Waals surface area contributed by atoms with Gasteiger partial charge >= 0.3 is 44.9 Å². The first-order valence-corrected chi connectivity index (χ1v) is 25.0. The van der Waals surface area contributed by atoms with E-state index in [0.717, 1.165) is 135 Å². The fourth-order valence-corrected chi connectivity index (χ4v) is 10.1. The maximum Gasteiger partial charge on any atom is 2.00 e. The van der Waals surface area contributed by atoms with Crippen LogP contribution < -0.4 is 25.3 Å². The number of carbonyl (C=O) groups is 2. The van der Waals surface area contributed by atoms with E-state index in [1.165, 1.54) is 7.11 Å². The maximum absolute atomic E-state index is 13.8. The molecule has 9 aromatic rings. The zero-order valence-electron chi connectivity index (χ0n) is 43.0. The van der Waals surface area contributed by atoms with Crippen LogP contribution >= 0.6 is 0 Å². The standard InChI is InChI=1S/C64H47N9O3.2Zn/c1-64(2)35-52-32-57-53(34-58(73-57)61(40-10-14-42(15-11-40)63(75)76-3)56-27-24-50(71-56)31-47-20-21-51(68-47)33-59(64)72-52)38-6-4-37(5-7-38)36-65-62(74)41-12-8-39(9-13-41)60-54-25-22-48(69-54)29-45-18-16-43(66-45)28-44-17-19-46(67-44)30-49-23-26-55(60)70-49;;/h4-34H,35-36H2,1-3H3,(H3-2,65,66,67,68,69,70,71,72,73,74,75);;/q-2;2*+2/p-2. The summed E-state index contributed by atoms with van der Waals surface area (Å²) in [7, 11) is 1.37. The number of amides is 1. The van der Waals surface area contributed by atoms with Crippen molar-refractivity contribution in [2.45, 2.75) is 32.2 Å². The first-order valence-electron chi connectivity index (χ1n) is 25.0. The molecular formula is C64H45N9O3Zn2. The van der Waals surface area contributed by atoms with E-state index in [1.807, 2.05) is 146 Å². The summed E-state index contributed by atoms with van der Waals surface area (Å²) in [6, 6.07) is 49.1. The van der Waals surface area contributed by atoms with Crippen LogP contribution in [-0.4, -0.2) is 38.9 Å². The molecule has 0 fully saturated rings. The Labute approximate surface area is 474 Å². The number of fused-ring (bicyclic) bond motifs is 16. The smallest absolute Gasteiger partial charge is 0.658 e. The van der Waals surface area contributed by atoms with E-state index < -0.39 is 5.97 Å². The van der Waals surface area contributed by atoms with Crippen LogP contribution in [0.5, 0.6) is 0 Å². The number of nitrogens with one attached hydrogen (secondary N) is 1. The number of esters is 1. The molecule has 10 heterocycles. The van der Waals surface area contributed by atoms with Gasteiger partial charge in [-0.05, 0) is 99.7 Å². The molecule has 3 aromatic carbocycles. The van der Waals surface area contributed by atoms with Gasteiger partial charge in [0.05, 0.1) is 46.8 Å². The number of nitrogens with zero attached hydrogens (tertiary/aromatic N) is 8. The molecule has 0 aliphatic carbocycles. The molecule has 0 saturated carbocycles. The van der Waals surface area contributed by atoms with E-state index in [1.54, 1.807) is 12.1 Å². The Hall–Kier alpha value is -8.69. The first kappa shape index (κ1) is 51.4. The molecule has 4 aliphatic rings. The Morgan fingerprint density at radius 2 is 1.00 bits per heavy atom. The van der Waals surface area contributed by atoms with Crippen molar-refractivity contribution in [3.63, 3.8) is 0 Å². The molecule has 78 heavy (non-hydrogen) atoms. The quantitative estimate of drug-likeness (QED) is 0.119. The van der Waals surface area contributed by atoms with Gasteiger partial charge in [0.25, 0.3) is 5.91 Å². The molecule has 0 unspecified atom stereocenters. The van der Waals surface area contributed by atoms with Gasteiger partial charge in [0, 0.05) is 35.3 Å². The van der Waals surface area contributed by atoms with E-state index in [-0.39, 0.29) is 50.3 Å². The third-order valence-corrected chi connectivity index (χ3v) is 14.0. The number of hydrogen-bond donors (Lipinski definition) is 1. The van der Waals surface area contributed by atoms with Gasteiger partial charge in [-0.1, -0.05) is 141 Å². The summed E-state index contributed by atoms with van der Waals surface area (Å²) >= 11 is 0. The van der Waals surface area contributed by atoms with Gasteiger partial charge in [0.1, 0.15) is 0 Å². The molecule has 0 spiro atoms. The second-order valence-corrected chi connectivity index (χ2v) is 19.8. The second kappa shape index (κ2) is 21.0. The van der Waals surface area contributed by atoms with E-state index >= 15 is 0 Å². The minimum atomic E-state index is -0.415. The molecule has 0 radical (unpaired) electrons. The van der Waals surface area contributed by atoms with Crippen LogP contribution in [0.15, 0.2) is 152 Å². The maximum atomic E-state index is 13.8. The Morgan fingerprint density at radius 1 is 0.500 bits per heavy atom. The molecule has 4 aliphatic heterocycles. The molecule has 6 aromatic heterocycles. The summed E-state index contributed by atoms with van der Waals surface area (Å²) in [5.74, 6) is -0.613. The Morgan fingerprint density at radius 3 is 1.59 bits per heavy atom. The predicted octanol–water partition coefficient (Wildman–Crippen LogP) is 12.2. The van der Waals surface area contributed by atoms with E-state index in [4.69, 9.17) is 44.6 Å². The summed E-state index contributed by atoms with van der Waals surface area (Å²) in [4.78, 5) is 66.2. The van der Waals surface area contributed by atoms with E-state index in [9.17, 15) is 9.59 Å². The van der Waals surface area contributed by atoms with Crippen molar-refractivity contribution < 1.29 is 53.3 Å². The number of benzene rings is 3. The monoisotopic (exact) mass is 1120 g/mol. The zero-order valence-corrected chi connectivity index (χ0v) is 49.0. The minimum absolute atomic E-state index is 0. The third kappa shape index (κ3) is 10.3. The van der Waals surface area contributed by atoms with Gasteiger partial charge in [-0.2, -0.15) is 0 Å². The van der Waals surface area contributed by atoms with Crippen LogP contribution in [-0.2, 0) is 62.1 Å². The van der Waals surface area contributed by atoms with Gasteiger partial charge in [-0.25, -0.2) is 19.7 Å². The normalized spacial score (nSPS) is 12.9. The molecule has 14 heteroatoms.